The average Bonchev–Trinajstić information content (AvgIpc) is 2.39. The minimum atomic E-state index is 0.0763. The second-order valence-electron chi connectivity index (χ2n) is 6.64. The molecule has 19 heavy (non-hydrogen) atoms. The average molecular weight is 259 g/mol. The summed E-state index contributed by atoms with van der Waals surface area (Å²) in [7, 11) is 0. The Labute approximate surface area is 116 Å². The van der Waals surface area contributed by atoms with Crippen LogP contribution in [0.4, 0.5) is 0 Å². The molecule has 0 radical (unpaired) electrons. The van der Waals surface area contributed by atoms with E-state index < -0.39 is 0 Å². The molecule has 1 N–H and O–H groups in total. The third-order valence-corrected chi connectivity index (χ3v) is 3.95. The van der Waals surface area contributed by atoms with Gasteiger partial charge in [0.05, 0.1) is 0 Å². The molecule has 0 bridgehead atoms. The third-order valence-electron chi connectivity index (χ3n) is 3.95. The van der Waals surface area contributed by atoms with Gasteiger partial charge in [-0.15, -0.1) is 0 Å². The van der Waals surface area contributed by atoms with Crippen LogP contribution in [0.2, 0.25) is 0 Å². The Morgan fingerprint density at radius 2 is 1.63 bits per heavy atom. The van der Waals surface area contributed by atoms with Gasteiger partial charge >= 0.3 is 0 Å². The van der Waals surface area contributed by atoms with Gasteiger partial charge in [0.1, 0.15) is 0 Å². The maximum atomic E-state index is 12.2. The molecule has 0 unspecified atom stereocenters. The molecule has 1 aliphatic carbocycles. The molecule has 1 fully saturated rings. The normalized spacial score (nSPS) is 17.2. The van der Waals surface area contributed by atoms with Crippen LogP contribution >= 0.6 is 0 Å². The quantitative estimate of drug-likeness (QED) is 0.853. The van der Waals surface area contributed by atoms with Crippen LogP contribution in [0, 0.1) is 0 Å². The van der Waals surface area contributed by atoms with Crippen molar-refractivity contribution >= 4 is 5.91 Å². The van der Waals surface area contributed by atoms with Crippen LogP contribution in [0.25, 0.3) is 0 Å². The lowest BCUT2D eigenvalue weighted by Crippen LogP contribution is -2.36. The van der Waals surface area contributed by atoms with Gasteiger partial charge in [0.2, 0.25) is 0 Å². The summed E-state index contributed by atoms with van der Waals surface area (Å²) in [6.45, 7) is 6.55. The lowest BCUT2D eigenvalue weighted by atomic mass is 9.86. The van der Waals surface area contributed by atoms with Gasteiger partial charge in [0.25, 0.3) is 5.91 Å². The highest BCUT2D eigenvalue weighted by Crippen LogP contribution is 2.22. The standard InChI is InChI=1S/C17H25NO/c1-17(2,3)14-11-9-13(10-12-14)16(19)18-15-7-5-4-6-8-15/h9-12,15H,4-8H2,1-3H3,(H,18,19). The Hall–Kier alpha value is -1.31. The van der Waals surface area contributed by atoms with Crippen LogP contribution < -0.4 is 5.32 Å². The van der Waals surface area contributed by atoms with Crippen LogP contribution in [0.15, 0.2) is 24.3 Å². The van der Waals surface area contributed by atoms with Crippen LogP contribution in [0.1, 0.15) is 68.8 Å². The largest absolute Gasteiger partial charge is 0.349 e. The Bertz CT molecular complexity index is 422. The molecule has 0 heterocycles. The summed E-state index contributed by atoms with van der Waals surface area (Å²) < 4.78 is 0. The van der Waals surface area contributed by atoms with Gasteiger partial charge < -0.3 is 5.32 Å². The number of hydrogen-bond acceptors (Lipinski definition) is 1. The molecular formula is C17H25NO. The van der Waals surface area contributed by atoms with Crippen molar-refractivity contribution < 1.29 is 4.79 Å². The molecule has 1 aliphatic rings. The number of rotatable bonds is 2. The van der Waals surface area contributed by atoms with Crippen LogP contribution in [-0.2, 0) is 5.41 Å². The van der Waals surface area contributed by atoms with E-state index in [0.29, 0.717) is 6.04 Å². The fourth-order valence-electron chi connectivity index (χ4n) is 2.64. The highest BCUT2D eigenvalue weighted by molar-refractivity contribution is 5.94. The van der Waals surface area contributed by atoms with E-state index in [1.54, 1.807) is 0 Å². The van der Waals surface area contributed by atoms with Crippen LogP contribution in [0.5, 0.6) is 0 Å². The predicted octanol–water partition coefficient (Wildman–Crippen LogP) is 4.05. The summed E-state index contributed by atoms with van der Waals surface area (Å²) in [5.74, 6) is 0.0763. The Kier molecular flexibility index (Phi) is 4.28. The molecule has 0 spiro atoms. The van der Waals surface area contributed by atoms with Crippen molar-refractivity contribution in [3.8, 4) is 0 Å². The van der Waals surface area contributed by atoms with Gasteiger partial charge in [-0.2, -0.15) is 0 Å². The van der Waals surface area contributed by atoms with Gasteiger partial charge in [0.15, 0.2) is 0 Å². The predicted molar refractivity (Wildman–Crippen MR) is 79.5 cm³/mol. The molecule has 0 saturated heterocycles. The van der Waals surface area contributed by atoms with Crippen molar-refractivity contribution in [1.29, 1.82) is 0 Å². The van der Waals surface area contributed by atoms with Crippen molar-refractivity contribution in [3.63, 3.8) is 0 Å². The zero-order valence-electron chi connectivity index (χ0n) is 12.3. The molecule has 1 saturated carbocycles. The molecular weight excluding hydrogens is 234 g/mol. The van der Waals surface area contributed by atoms with Gasteiger partial charge in [-0.25, -0.2) is 0 Å². The van der Waals surface area contributed by atoms with Gasteiger partial charge in [-0.05, 0) is 36.0 Å². The summed E-state index contributed by atoms with van der Waals surface area (Å²) in [4.78, 5) is 12.2. The molecule has 1 amide bonds. The molecule has 1 aromatic carbocycles. The highest BCUT2D eigenvalue weighted by atomic mass is 16.1. The van der Waals surface area contributed by atoms with Crippen molar-refractivity contribution in [3.05, 3.63) is 35.4 Å². The van der Waals surface area contributed by atoms with Crippen molar-refractivity contribution in [2.24, 2.45) is 0 Å². The molecule has 0 aromatic heterocycles. The topological polar surface area (TPSA) is 29.1 Å². The van der Waals surface area contributed by atoms with E-state index in [0.717, 1.165) is 18.4 Å². The highest BCUT2D eigenvalue weighted by Gasteiger charge is 2.17. The minimum Gasteiger partial charge on any atom is -0.349 e. The lowest BCUT2D eigenvalue weighted by Gasteiger charge is -2.23. The van der Waals surface area contributed by atoms with E-state index in [2.05, 4.69) is 38.2 Å². The molecule has 0 atom stereocenters. The molecule has 2 rings (SSSR count). The number of nitrogens with one attached hydrogen (secondary N) is 1. The second-order valence-corrected chi connectivity index (χ2v) is 6.64. The van der Waals surface area contributed by atoms with E-state index >= 15 is 0 Å². The SMILES string of the molecule is CC(C)(C)c1ccc(C(=O)NC2CCCCC2)cc1. The van der Waals surface area contributed by atoms with Gasteiger partial charge in [-0.3, -0.25) is 4.79 Å². The van der Waals surface area contributed by atoms with Crippen molar-refractivity contribution in [1.82, 2.24) is 5.32 Å². The molecule has 104 valence electrons. The Balaban J connectivity index is 1.99. The maximum Gasteiger partial charge on any atom is 0.251 e. The van der Waals surface area contributed by atoms with Crippen molar-refractivity contribution in [2.75, 3.05) is 0 Å². The zero-order valence-corrected chi connectivity index (χ0v) is 12.3. The van der Waals surface area contributed by atoms with Gasteiger partial charge in [-0.1, -0.05) is 52.2 Å². The summed E-state index contributed by atoms with van der Waals surface area (Å²) in [6.07, 6.45) is 6.06. The first-order valence-corrected chi connectivity index (χ1v) is 7.38. The third kappa shape index (κ3) is 3.82. The fraction of sp³-hybridized carbons (Fsp3) is 0.588. The number of amides is 1. The van der Waals surface area contributed by atoms with E-state index in [1.165, 1.54) is 24.8 Å². The first kappa shape index (κ1) is 14.1. The maximum absolute atomic E-state index is 12.2. The fourth-order valence-corrected chi connectivity index (χ4v) is 2.64. The first-order valence-electron chi connectivity index (χ1n) is 7.38. The number of hydrogen-bond donors (Lipinski definition) is 1. The number of carbonyl (C=O) groups is 1. The van der Waals surface area contributed by atoms with Crippen LogP contribution in [0.3, 0.4) is 0 Å². The molecule has 2 heteroatoms. The lowest BCUT2D eigenvalue weighted by molar-refractivity contribution is 0.0927. The monoisotopic (exact) mass is 259 g/mol. The van der Waals surface area contributed by atoms with Crippen LogP contribution in [-0.4, -0.2) is 11.9 Å². The Morgan fingerprint density at radius 3 is 2.16 bits per heavy atom. The first-order chi connectivity index (χ1) is 8.97. The second kappa shape index (κ2) is 5.77. The molecule has 1 aromatic rings. The summed E-state index contributed by atoms with van der Waals surface area (Å²) in [6, 6.07) is 8.40. The summed E-state index contributed by atoms with van der Waals surface area (Å²) in [5.41, 5.74) is 2.18. The number of carbonyl (C=O) groups excluding carboxylic acids is 1. The molecule has 0 aliphatic heterocycles. The van der Waals surface area contributed by atoms with E-state index in [4.69, 9.17) is 0 Å². The van der Waals surface area contributed by atoms with Gasteiger partial charge in [0, 0.05) is 11.6 Å². The zero-order chi connectivity index (χ0) is 13.9. The summed E-state index contributed by atoms with van der Waals surface area (Å²) in [5, 5.41) is 3.15. The van der Waals surface area contributed by atoms with E-state index in [-0.39, 0.29) is 11.3 Å². The Morgan fingerprint density at radius 1 is 1.05 bits per heavy atom. The van der Waals surface area contributed by atoms with E-state index in [1.807, 2.05) is 12.1 Å². The number of benzene rings is 1. The van der Waals surface area contributed by atoms with E-state index in [9.17, 15) is 4.79 Å². The summed E-state index contributed by atoms with van der Waals surface area (Å²) >= 11 is 0. The molecule has 2 nitrogen and oxygen atoms in total. The minimum absolute atomic E-state index is 0.0763. The smallest absolute Gasteiger partial charge is 0.251 e. The van der Waals surface area contributed by atoms with Crippen molar-refractivity contribution in [2.45, 2.75) is 64.3 Å².